The summed E-state index contributed by atoms with van der Waals surface area (Å²) in [6.07, 6.45) is 7.53. The fourth-order valence-electron chi connectivity index (χ4n) is 3.85. The number of halogens is 1. The van der Waals surface area contributed by atoms with Crippen LogP contribution in [0.25, 0.3) is 0 Å². The van der Waals surface area contributed by atoms with Crippen molar-refractivity contribution < 1.29 is 14.3 Å². The molecule has 7 heteroatoms. The van der Waals surface area contributed by atoms with Gasteiger partial charge in [-0.25, -0.2) is 4.99 Å². The van der Waals surface area contributed by atoms with Gasteiger partial charge in [-0.15, -0.1) is 11.3 Å². The molecule has 0 bridgehead atoms. The molecule has 0 saturated carbocycles. The second kappa shape index (κ2) is 10.8. The Kier molecular flexibility index (Phi) is 7.62. The average molecular weight is 525 g/mol. The van der Waals surface area contributed by atoms with Gasteiger partial charge in [0.1, 0.15) is 11.6 Å². The zero-order chi connectivity index (χ0) is 23.2. The summed E-state index contributed by atoms with van der Waals surface area (Å²) in [5.74, 6) is 1.06. The van der Waals surface area contributed by atoms with Crippen LogP contribution in [0.4, 0.5) is 10.7 Å². The second-order valence-corrected chi connectivity index (χ2v) is 9.59. The number of hydrogen-bond acceptors (Lipinski definition) is 5. The maximum Gasteiger partial charge on any atom is 0.259 e. The van der Waals surface area contributed by atoms with Gasteiger partial charge < -0.3 is 14.8 Å². The van der Waals surface area contributed by atoms with E-state index in [1.165, 1.54) is 4.88 Å². The number of benzene rings is 2. The standard InChI is InChI=1S/C26H25BrN2O3S/c1-3-13-32-24-17(14-18(27)15-21(24)31-2)16-28-26-23(20-11-7-8-12-22(20)33-26)25(30)29-19-9-5-4-6-10-19/h3-6,9-10,14-16H,1,7-8,11-13H2,2H3,(H,29,30). The first-order chi connectivity index (χ1) is 16.1. The molecule has 1 aliphatic carbocycles. The number of carbonyl (C=O) groups is 1. The predicted molar refractivity (Wildman–Crippen MR) is 139 cm³/mol. The summed E-state index contributed by atoms with van der Waals surface area (Å²) in [6.45, 7) is 4.07. The summed E-state index contributed by atoms with van der Waals surface area (Å²) >= 11 is 5.12. The zero-order valence-corrected chi connectivity index (χ0v) is 20.8. The minimum absolute atomic E-state index is 0.122. The first kappa shape index (κ1) is 23.3. The highest BCUT2D eigenvalue weighted by Crippen LogP contribution is 2.41. The van der Waals surface area contributed by atoms with Gasteiger partial charge >= 0.3 is 0 Å². The molecule has 1 amide bonds. The van der Waals surface area contributed by atoms with E-state index in [1.807, 2.05) is 42.5 Å². The van der Waals surface area contributed by atoms with Gasteiger partial charge in [0.2, 0.25) is 0 Å². The molecule has 5 nitrogen and oxygen atoms in total. The van der Waals surface area contributed by atoms with Crippen LogP contribution < -0.4 is 14.8 Å². The van der Waals surface area contributed by atoms with Gasteiger partial charge in [0.15, 0.2) is 11.5 Å². The highest BCUT2D eigenvalue weighted by Gasteiger charge is 2.25. The Balaban J connectivity index is 1.73. The monoisotopic (exact) mass is 524 g/mol. The third-order valence-electron chi connectivity index (χ3n) is 5.35. The van der Waals surface area contributed by atoms with E-state index in [0.29, 0.717) is 28.7 Å². The number of amides is 1. The molecule has 4 rings (SSSR count). The van der Waals surface area contributed by atoms with Gasteiger partial charge in [-0.1, -0.05) is 46.8 Å². The lowest BCUT2D eigenvalue weighted by Crippen LogP contribution is -2.14. The second-order valence-electron chi connectivity index (χ2n) is 7.60. The lowest BCUT2D eigenvalue weighted by atomic mass is 9.95. The van der Waals surface area contributed by atoms with Crippen LogP contribution in [0, 0.1) is 0 Å². The number of para-hydroxylation sites is 1. The summed E-state index contributed by atoms with van der Waals surface area (Å²) < 4.78 is 12.2. The van der Waals surface area contributed by atoms with E-state index in [-0.39, 0.29) is 5.91 Å². The molecule has 0 fully saturated rings. The van der Waals surface area contributed by atoms with Crippen LogP contribution in [-0.4, -0.2) is 25.8 Å². The number of carbonyl (C=O) groups excluding carboxylic acids is 1. The Morgan fingerprint density at radius 2 is 2.03 bits per heavy atom. The summed E-state index contributed by atoms with van der Waals surface area (Å²) in [5, 5.41) is 3.74. The van der Waals surface area contributed by atoms with Gasteiger partial charge in [0, 0.05) is 26.8 Å². The Labute approximate surface area is 206 Å². The van der Waals surface area contributed by atoms with Crippen LogP contribution in [-0.2, 0) is 12.8 Å². The molecule has 0 aliphatic heterocycles. The van der Waals surface area contributed by atoms with Crippen molar-refractivity contribution in [2.75, 3.05) is 19.0 Å². The summed E-state index contributed by atoms with van der Waals surface area (Å²) in [7, 11) is 1.60. The van der Waals surface area contributed by atoms with Gasteiger partial charge in [0.25, 0.3) is 5.91 Å². The molecule has 33 heavy (non-hydrogen) atoms. The molecule has 0 atom stereocenters. The van der Waals surface area contributed by atoms with Crippen LogP contribution in [0.2, 0.25) is 0 Å². The molecular weight excluding hydrogens is 500 g/mol. The minimum Gasteiger partial charge on any atom is -0.493 e. The van der Waals surface area contributed by atoms with Crippen LogP contribution >= 0.6 is 27.3 Å². The predicted octanol–water partition coefficient (Wildman–Crippen LogP) is 6.97. The Morgan fingerprint density at radius 1 is 1.24 bits per heavy atom. The number of aliphatic imine (C=N–C) groups is 1. The van der Waals surface area contributed by atoms with Crippen molar-refractivity contribution in [3.63, 3.8) is 0 Å². The van der Waals surface area contributed by atoms with Crippen LogP contribution in [0.3, 0.4) is 0 Å². The fraction of sp³-hybridized carbons (Fsp3) is 0.231. The molecular formula is C26H25BrN2O3S. The number of thiophene rings is 1. The van der Waals surface area contributed by atoms with Crippen molar-refractivity contribution in [1.82, 2.24) is 0 Å². The molecule has 0 saturated heterocycles. The molecule has 170 valence electrons. The van der Waals surface area contributed by atoms with Gasteiger partial charge in [-0.05, 0) is 55.5 Å². The highest BCUT2D eigenvalue weighted by molar-refractivity contribution is 9.10. The first-order valence-corrected chi connectivity index (χ1v) is 12.4. The summed E-state index contributed by atoms with van der Waals surface area (Å²) in [4.78, 5) is 19.3. The lowest BCUT2D eigenvalue weighted by molar-refractivity contribution is 0.102. The number of nitrogens with one attached hydrogen (secondary N) is 1. The molecule has 3 aromatic rings. The molecule has 0 spiro atoms. The number of ether oxygens (including phenoxy) is 2. The van der Waals surface area contributed by atoms with Gasteiger partial charge in [-0.2, -0.15) is 0 Å². The van der Waals surface area contributed by atoms with E-state index >= 15 is 0 Å². The normalized spacial score (nSPS) is 12.9. The first-order valence-electron chi connectivity index (χ1n) is 10.8. The summed E-state index contributed by atoms with van der Waals surface area (Å²) in [5.41, 5.74) is 3.32. The topological polar surface area (TPSA) is 59.9 Å². The third kappa shape index (κ3) is 5.37. The number of anilines is 1. The van der Waals surface area contributed by atoms with Crippen molar-refractivity contribution in [2.45, 2.75) is 25.7 Å². The van der Waals surface area contributed by atoms with E-state index in [2.05, 4.69) is 27.8 Å². The number of methoxy groups -OCH3 is 1. The van der Waals surface area contributed by atoms with Crippen LogP contribution in [0.1, 0.15) is 39.2 Å². The number of nitrogens with zero attached hydrogens (tertiary/aromatic N) is 1. The number of fused-ring (bicyclic) bond motifs is 1. The SMILES string of the molecule is C=CCOc1c(C=Nc2sc3c(c2C(=O)Nc2ccccc2)CCCC3)cc(Br)cc1OC. The maximum atomic E-state index is 13.3. The smallest absolute Gasteiger partial charge is 0.259 e. The lowest BCUT2D eigenvalue weighted by Gasteiger charge is -2.13. The molecule has 1 aliphatic rings. The third-order valence-corrected chi connectivity index (χ3v) is 7.00. The van der Waals surface area contributed by atoms with Gasteiger partial charge in [-0.3, -0.25) is 4.79 Å². The average Bonchev–Trinajstić information content (AvgIpc) is 3.20. The quantitative estimate of drug-likeness (QED) is 0.255. The van der Waals surface area contributed by atoms with Gasteiger partial charge in [0.05, 0.1) is 12.7 Å². The number of aryl methyl sites for hydroxylation is 1. The van der Waals surface area contributed by atoms with E-state index in [9.17, 15) is 4.79 Å². The molecule has 1 aromatic heterocycles. The van der Waals surface area contributed by atoms with Crippen molar-refractivity contribution >= 4 is 50.1 Å². The minimum atomic E-state index is -0.122. The van der Waals surface area contributed by atoms with Crippen molar-refractivity contribution in [3.05, 3.63) is 81.2 Å². The van der Waals surface area contributed by atoms with E-state index < -0.39 is 0 Å². The maximum absolute atomic E-state index is 13.3. The zero-order valence-electron chi connectivity index (χ0n) is 18.4. The molecule has 0 radical (unpaired) electrons. The van der Waals surface area contributed by atoms with Crippen molar-refractivity contribution in [2.24, 2.45) is 4.99 Å². The Hall–Kier alpha value is -2.90. The van der Waals surface area contributed by atoms with E-state index in [0.717, 1.165) is 47.0 Å². The van der Waals surface area contributed by atoms with Crippen molar-refractivity contribution in [3.8, 4) is 11.5 Å². The molecule has 0 unspecified atom stereocenters. The molecule has 1 N–H and O–H groups in total. The molecule has 2 aromatic carbocycles. The largest absolute Gasteiger partial charge is 0.493 e. The fourth-order valence-corrected chi connectivity index (χ4v) is 5.54. The summed E-state index contributed by atoms with van der Waals surface area (Å²) in [6, 6.07) is 13.3. The molecule has 1 heterocycles. The van der Waals surface area contributed by atoms with Crippen LogP contribution in [0.5, 0.6) is 11.5 Å². The number of hydrogen-bond donors (Lipinski definition) is 1. The highest BCUT2D eigenvalue weighted by atomic mass is 79.9. The van der Waals surface area contributed by atoms with E-state index in [1.54, 1.807) is 30.7 Å². The number of rotatable bonds is 8. The Morgan fingerprint density at radius 3 is 2.79 bits per heavy atom. The van der Waals surface area contributed by atoms with Crippen molar-refractivity contribution in [1.29, 1.82) is 0 Å². The Bertz CT molecular complexity index is 1190. The van der Waals surface area contributed by atoms with Crippen LogP contribution in [0.15, 0.2) is 64.6 Å². The van der Waals surface area contributed by atoms with E-state index in [4.69, 9.17) is 14.5 Å².